The second-order valence-electron chi connectivity index (χ2n) is 5.05. The van der Waals surface area contributed by atoms with Crippen LogP contribution in [0.2, 0.25) is 5.02 Å². The summed E-state index contributed by atoms with van der Waals surface area (Å²) in [6, 6.07) is 4.82. The van der Waals surface area contributed by atoms with E-state index in [9.17, 15) is 8.42 Å². The zero-order valence-corrected chi connectivity index (χ0v) is 13.6. The predicted molar refractivity (Wildman–Crippen MR) is 79.7 cm³/mol. The van der Waals surface area contributed by atoms with Gasteiger partial charge in [-0.05, 0) is 53.7 Å². The van der Waals surface area contributed by atoms with E-state index in [0.717, 1.165) is 12.8 Å². The molecule has 1 aliphatic carbocycles. The van der Waals surface area contributed by atoms with Gasteiger partial charge in [0, 0.05) is 16.6 Å². The summed E-state index contributed by atoms with van der Waals surface area (Å²) in [7, 11) is -3.68. The molecule has 0 heterocycles. The highest BCUT2D eigenvalue weighted by Crippen LogP contribution is 2.40. The van der Waals surface area contributed by atoms with Gasteiger partial charge in [0.05, 0.1) is 5.02 Å². The van der Waals surface area contributed by atoms with Crippen molar-refractivity contribution in [2.24, 2.45) is 11.7 Å². The van der Waals surface area contributed by atoms with Crippen molar-refractivity contribution in [1.82, 2.24) is 4.72 Å². The lowest BCUT2D eigenvalue weighted by molar-refractivity contribution is 0.374. The minimum absolute atomic E-state index is 0.0730. The molecular formula is C12H16BrClN2O2S. The maximum Gasteiger partial charge on any atom is 0.242 e. The molecule has 106 valence electrons. The van der Waals surface area contributed by atoms with E-state index in [1.165, 1.54) is 6.07 Å². The van der Waals surface area contributed by atoms with E-state index < -0.39 is 15.6 Å². The number of rotatable bonds is 5. The topological polar surface area (TPSA) is 72.2 Å². The second kappa shape index (κ2) is 5.33. The molecule has 4 nitrogen and oxygen atoms in total. The summed E-state index contributed by atoms with van der Waals surface area (Å²) in [5, 5.41) is 0.185. The highest BCUT2D eigenvalue weighted by Gasteiger charge is 2.43. The van der Waals surface area contributed by atoms with E-state index in [2.05, 4.69) is 20.7 Å². The molecule has 19 heavy (non-hydrogen) atoms. The van der Waals surface area contributed by atoms with Crippen LogP contribution in [0.5, 0.6) is 0 Å². The summed E-state index contributed by atoms with van der Waals surface area (Å²) in [4.78, 5) is 0.0730. The zero-order chi connectivity index (χ0) is 14.3. The Morgan fingerprint density at radius 1 is 1.53 bits per heavy atom. The minimum atomic E-state index is -3.68. The van der Waals surface area contributed by atoms with Crippen LogP contribution < -0.4 is 10.5 Å². The average Bonchev–Trinajstić information content (AvgIpc) is 3.16. The van der Waals surface area contributed by atoms with Crippen LogP contribution in [0.15, 0.2) is 27.6 Å². The van der Waals surface area contributed by atoms with Gasteiger partial charge in [-0.15, -0.1) is 0 Å². The fourth-order valence-corrected chi connectivity index (χ4v) is 4.57. The number of hydrogen-bond donors (Lipinski definition) is 2. The van der Waals surface area contributed by atoms with E-state index in [0.29, 0.717) is 10.4 Å². The molecule has 0 radical (unpaired) electrons. The third-order valence-electron chi connectivity index (χ3n) is 3.48. The summed E-state index contributed by atoms with van der Waals surface area (Å²) >= 11 is 9.28. The van der Waals surface area contributed by atoms with E-state index >= 15 is 0 Å². The highest BCUT2D eigenvalue weighted by molar-refractivity contribution is 9.10. The maximum absolute atomic E-state index is 12.4. The predicted octanol–water partition coefficient (Wildman–Crippen LogP) is 2.51. The maximum atomic E-state index is 12.4. The third-order valence-corrected chi connectivity index (χ3v) is 6.54. The van der Waals surface area contributed by atoms with E-state index in [-0.39, 0.29) is 16.5 Å². The molecule has 1 fully saturated rings. The van der Waals surface area contributed by atoms with Gasteiger partial charge in [0.2, 0.25) is 10.0 Å². The fraction of sp³-hybridized carbons (Fsp3) is 0.500. The molecule has 3 N–H and O–H groups in total. The van der Waals surface area contributed by atoms with Crippen molar-refractivity contribution >= 4 is 37.6 Å². The first-order chi connectivity index (χ1) is 8.80. The Morgan fingerprint density at radius 2 is 2.16 bits per heavy atom. The molecule has 0 aliphatic heterocycles. The molecule has 0 aromatic heterocycles. The van der Waals surface area contributed by atoms with Crippen molar-refractivity contribution in [3.05, 3.63) is 27.7 Å². The molecule has 1 aromatic carbocycles. The van der Waals surface area contributed by atoms with Crippen molar-refractivity contribution in [2.45, 2.75) is 30.2 Å². The number of sulfonamides is 1. The Hall–Kier alpha value is -0.140. The molecule has 1 aromatic rings. The van der Waals surface area contributed by atoms with Crippen LogP contribution in [0.3, 0.4) is 0 Å². The summed E-state index contributed by atoms with van der Waals surface area (Å²) < 4.78 is 28.1. The van der Waals surface area contributed by atoms with Crippen LogP contribution >= 0.6 is 27.5 Å². The smallest absolute Gasteiger partial charge is 0.242 e. The summed E-state index contributed by atoms with van der Waals surface area (Å²) in [5.41, 5.74) is 5.13. The Kier molecular flexibility index (Phi) is 4.28. The van der Waals surface area contributed by atoms with Crippen molar-refractivity contribution in [1.29, 1.82) is 0 Å². The lowest BCUT2D eigenvalue weighted by Gasteiger charge is -2.29. The van der Waals surface area contributed by atoms with Crippen LogP contribution in [0.4, 0.5) is 0 Å². The molecule has 1 aliphatic rings. The van der Waals surface area contributed by atoms with Gasteiger partial charge in [-0.2, -0.15) is 0 Å². The van der Waals surface area contributed by atoms with Gasteiger partial charge >= 0.3 is 0 Å². The van der Waals surface area contributed by atoms with Crippen LogP contribution in [-0.2, 0) is 10.0 Å². The lowest BCUT2D eigenvalue weighted by atomic mass is 9.98. The number of nitrogens with one attached hydrogen (secondary N) is 1. The normalized spacial score (nSPS) is 19.2. The van der Waals surface area contributed by atoms with Crippen LogP contribution in [0.1, 0.15) is 19.8 Å². The lowest BCUT2D eigenvalue weighted by Crippen LogP contribution is -2.53. The largest absolute Gasteiger partial charge is 0.329 e. The van der Waals surface area contributed by atoms with Crippen LogP contribution in [0.25, 0.3) is 0 Å². The molecule has 1 unspecified atom stereocenters. The van der Waals surface area contributed by atoms with Gasteiger partial charge in [0.1, 0.15) is 4.90 Å². The van der Waals surface area contributed by atoms with Crippen LogP contribution in [-0.4, -0.2) is 20.5 Å². The molecule has 0 spiro atoms. The van der Waals surface area contributed by atoms with Crippen molar-refractivity contribution < 1.29 is 8.42 Å². The third kappa shape index (κ3) is 3.13. The minimum Gasteiger partial charge on any atom is -0.329 e. The summed E-state index contributed by atoms with van der Waals surface area (Å²) in [5.74, 6) is 0.304. The first-order valence-electron chi connectivity index (χ1n) is 5.98. The molecule has 7 heteroatoms. The summed E-state index contributed by atoms with van der Waals surface area (Å²) in [6.45, 7) is 2.11. The SMILES string of the molecule is CC(CN)(NS(=O)(=O)c1cccc(Br)c1Cl)C1CC1. The quantitative estimate of drug-likeness (QED) is 0.840. The number of hydrogen-bond acceptors (Lipinski definition) is 3. The van der Waals surface area contributed by atoms with Crippen molar-refractivity contribution in [2.75, 3.05) is 6.54 Å². The zero-order valence-electron chi connectivity index (χ0n) is 10.5. The average molecular weight is 368 g/mol. The molecular weight excluding hydrogens is 352 g/mol. The fourth-order valence-electron chi connectivity index (χ4n) is 2.07. The first-order valence-corrected chi connectivity index (χ1v) is 8.63. The molecule has 1 saturated carbocycles. The van der Waals surface area contributed by atoms with Gasteiger partial charge in [-0.1, -0.05) is 17.7 Å². The van der Waals surface area contributed by atoms with Crippen molar-refractivity contribution in [3.63, 3.8) is 0 Å². The Bertz CT molecular complexity index is 589. The molecule has 0 bridgehead atoms. The first kappa shape index (κ1) is 15.3. The van der Waals surface area contributed by atoms with Gasteiger partial charge in [-0.25, -0.2) is 13.1 Å². The van der Waals surface area contributed by atoms with E-state index in [1.807, 2.05) is 6.92 Å². The Balaban J connectivity index is 2.35. The number of benzene rings is 1. The molecule has 0 saturated heterocycles. The number of halogens is 2. The Morgan fingerprint density at radius 3 is 2.68 bits per heavy atom. The van der Waals surface area contributed by atoms with Crippen molar-refractivity contribution in [3.8, 4) is 0 Å². The van der Waals surface area contributed by atoms with Gasteiger partial charge in [0.25, 0.3) is 0 Å². The molecule has 1 atom stereocenters. The van der Waals surface area contributed by atoms with Gasteiger partial charge < -0.3 is 5.73 Å². The number of nitrogens with two attached hydrogens (primary N) is 1. The summed E-state index contributed by atoms with van der Waals surface area (Å²) in [6.07, 6.45) is 2.00. The second-order valence-corrected chi connectivity index (χ2v) is 7.94. The molecule has 2 rings (SSSR count). The Labute approximate surface area is 126 Å². The van der Waals surface area contributed by atoms with E-state index in [4.69, 9.17) is 17.3 Å². The van der Waals surface area contributed by atoms with Gasteiger partial charge in [-0.3, -0.25) is 0 Å². The van der Waals surface area contributed by atoms with Gasteiger partial charge in [0.15, 0.2) is 0 Å². The van der Waals surface area contributed by atoms with Crippen LogP contribution in [0, 0.1) is 5.92 Å². The van der Waals surface area contributed by atoms with E-state index in [1.54, 1.807) is 12.1 Å². The standard InChI is InChI=1S/C12H16BrClN2O2S/c1-12(7-15,8-5-6-8)16-19(17,18)10-4-2-3-9(13)11(10)14/h2-4,8,16H,5-7,15H2,1H3. The molecule has 0 amide bonds. The monoisotopic (exact) mass is 366 g/mol. The highest BCUT2D eigenvalue weighted by atomic mass is 79.9.